The first kappa shape index (κ1) is 17.2. The van der Waals surface area contributed by atoms with E-state index in [1.165, 1.54) is 4.31 Å². The van der Waals surface area contributed by atoms with Crippen LogP contribution in [0.2, 0.25) is 0 Å². The molecule has 0 spiro atoms. The fraction of sp³-hybridized carbons (Fsp3) is 0.462. The van der Waals surface area contributed by atoms with Crippen molar-refractivity contribution in [3.63, 3.8) is 0 Å². The van der Waals surface area contributed by atoms with Crippen LogP contribution in [0.1, 0.15) is 18.4 Å². The fourth-order valence-electron chi connectivity index (χ4n) is 2.46. The lowest BCUT2D eigenvalue weighted by molar-refractivity contribution is -0.120. The molecule has 0 atom stereocenters. The third-order valence-corrected chi connectivity index (χ3v) is 5.34. The number of nitrogen functional groups attached to an aromatic ring is 1. The van der Waals surface area contributed by atoms with E-state index in [0.29, 0.717) is 24.2 Å². The maximum atomic E-state index is 12.3. The standard InChI is InChI=1S/C13H19BrN4O3S/c1-8-6-10(14)7-11(12(8)15)17-13(19)9-2-4-18(5-3-9)22(16,20)21/h6-7,9H,2-5,15H2,1H3,(H,17,19)(H2,16,20,21). The summed E-state index contributed by atoms with van der Waals surface area (Å²) in [5, 5.41) is 7.91. The Bertz CT molecular complexity index is 685. The number of amides is 1. The zero-order valence-corrected chi connectivity index (χ0v) is 14.6. The summed E-state index contributed by atoms with van der Waals surface area (Å²) in [5.41, 5.74) is 7.93. The zero-order chi connectivity index (χ0) is 16.5. The number of nitrogens with one attached hydrogen (secondary N) is 1. The second-order valence-electron chi connectivity index (χ2n) is 5.39. The molecular weight excluding hydrogens is 372 g/mol. The Kier molecular flexibility index (Phi) is 5.10. The second-order valence-corrected chi connectivity index (χ2v) is 7.85. The number of hydrogen-bond donors (Lipinski definition) is 3. The minimum atomic E-state index is -3.68. The topological polar surface area (TPSA) is 119 Å². The summed E-state index contributed by atoms with van der Waals surface area (Å²) in [6.45, 7) is 2.37. The molecule has 7 nitrogen and oxygen atoms in total. The number of benzene rings is 1. The van der Waals surface area contributed by atoms with E-state index < -0.39 is 10.2 Å². The molecule has 9 heteroatoms. The van der Waals surface area contributed by atoms with Crippen molar-refractivity contribution >= 4 is 43.4 Å². The molecule has 0 aliphatic carbocycles. The Balaban J connectivity index is 2.03. The molecule has 0 aromatic heterocycles. The van der Waals surface area contributed by atoms with E-state index in [-0.39, 0.29) is 24.9 Å². The van der Waals surface area contributed by atoms with Gasteiger partial charge in [-0.1, -0.05) is 15.9 Å². The lowest BCUT2D eigenvalue weighted by Crippen LogP contribution is -2.44. The van der Waals surface area contributed by atoms with Gasteiger partial charge >= 0.3 is 0 Å². The number of aryl methyl sites for hydroxylation is 1. The van der Waals surface area contributed by atoms with E-state index in [1.807, 2.05) is 13.0 Å². The first-order valence-electron chi connectivity index (χ1n) is 6.83. The predicted octanol–water partition coefficient (Wildman–Crippen LogP) is 1.19. The first-order chi connectivity index (χ1) is 10.2. The summed E-state index contributed by atoms with van der Waals surface area (Å²) in [6.07, 6.45) is 0.879. The van der Waals surface area contributed by atoms with Gasteiger partial charge in [-0.15, -0.1) is 0 Å². The predicted molar refractivity (Wildman–Crippen MR) is 89.3 cm³/mol. The van der Waals surface area contributed by atoms with E-state index in [2.05, 4.69) is 21.2 Å². The van der Waals surface area contributed by atoms with Gasteiger partial charge in [0.05, 0.1) is 11.4 Å². The number of carbonyl (C=O) groups excluding carboxylic acids is 1. The largest absolute Gasteiger partial charge is 0.397 e. The fourth-order valence-corrected chi connectivity index (χ4v) is 3.76. The van der Waals surface area contributed by atoms with Crippen LogP contribution < -0.4 is 16.2 Å². The van der Waals surface area contributed by atoms with Gasteiger partial charge in [-0.25, -0.2) is 5.14 Å². The van der Waals surface area contributed by atoms with Crippen LogP contribution in [0.25, 0.3) is 0 Å². The normalized spacial score (nSPS) is 17.4. The molecular formula is C13H19BrN4O3S. The highest BCUT2D eigenvalue weighted by molar-refractivity contribution is 9.10. The lowest BCUT2D eigenvalue weighted by atomic mass is 9.97. The third-order valence-electron chi connectivity index (χ3n) is 3.79. The number of nitrogens with zero attached hydrogens (tertiary/aromatic N) is 1. The molecule has 5 N–H and O–H groups in total. The molecule has 1 saturated heterocycles. The Morgan fingerprint density at radius 3 is 2.50 bits per heavy atom. The zero-order valence-electron chi connectivity index (χ0n) is 12.2. The minimum Gasteiger partial charge on any atom is -0.397 e. The quantitative estimate of drug-likeness (QED) is 0.671. The highest BCUT2D eigenvalue weighted by Gasteiger charge is 2.29. The molecule has 122 valence electrons. The number of rotatable bonds is 3. The van der Waals surface area contributed by atoms with Crippen LogP contribution in [0.5, 0.6) is 0 Å². The number of nitrogens with two attached hydrogens (primary N) is 2. The van der Waals surface area contributed by atoms with Crippen LogP contribution in [0.3, 0.4) is 0 Å². The average molecular weight is 391 g/mol. The summed E-state index contributed by atoms with van der Waals surface area (Å²) in [6, 6.07) is 3.62. The van der Waals surface area contributed by atoms with Gasteiger partial charge in [0.1, 0.15) is 0 Å². The van der Waals surface area contributed by atoms with Gasteiger partial charge < -0.3 is 11.1 Å². The van der Waals surface area contributed by atoms with Crippen molar-refractivity contribution in [1.82, 2.24) is 4.31 Å². The van der Waals surface area contributed by atoms with Crippen LogP contribution in [-0.2, 0) is 15.0 Å². The van der Waals surface area contributed by atoms with Crippen LogP contribution in [0.15, 0.2) is 16.6 Å². The van der Waals surface area contributed by atoms with Crippen molar-refractivity contribution in [2.24, 2.45) is 11.1 Å². The summed E-state index contributed by atoms with van der Waals surface area (Å²) in [7, 11) is -3.68. The summed E-state index contributed by atoms with van der Waals surface area (Å²) >= 11 is 3.37. The molecule has 0 saturated carbocycles. The van der Waals surface area contributed by atoms with Gasteiger partial charge in [-0.05, 0) is 37.5 Å². The van der Waals surface area contributed by atoms with E-state index in [9.17, 15) is 13.2 Å². The molecule has 0 bridgehead atoms. The smallest absolute Gasteiger partial charge is 0.276 e. The minimum absolute atomic E-state index is 0.154. The monoisotopic (exact) mass is 390 g/mol. The van der Waals surface area contributed by atoms with E-state index in [0.717, 1.165) is 10.0 Å². The van der Waals surface area contributed by atoms with Crippen LogP contribution in [-0.4, -0.2) is 31.7 Å². The van der Waals surface area contributed by atoms with Gasteiger partial charge in [0.15, 0.2) is 0 Å². The summed E-state index contributed by atoms with van der Waals surface area (Å²) in [5.74, 6) is -0.407. The van der Waals surface area contributed by atoms with Crippen LogP contribution >= 0.6 is 15.9 Å². The first-order valence-corrected chi connectivity index (χ1v) is 9.12. The molecule has 0 radical (unpaired) electrons. The Morgan fingerprint density at radius 1 is 1.36 bits per heavy atom. The molecule has 0 unspecified atom stereocenters. The van der Waals surface area contributed by atoms with Gasteiger partial charge in [-0.3, -0.25) is 4.79 Å². The number of hydrogen-bond acceptors (Lipinski definition) is 4. The van der Waals surface area contributed by atoms with Crippen molar-refractivity contribution in [3.8, 4) is 0 Å². The molecule has 1 fully saturated rings. The van der Waals surface area contributed by atoms with Gasteiger partial charge in [0.2, 0.25) is 5.91 Å². The molecule has 1 aliphatic heterocycles. The Morgan fingerprint density at radius 2 is 1.95 bits per heavy atom. The second kappa shape index (κ2) is 6.53. The lowest BCUT2D eigenvalue weighted by Gasteiger charge is -2.29. The number of piperidine rings is 1. The highest BCUT2D eigenvalue weighted by Crippen LogP contribution is 2.29. The molecule has 1 amide bonds. The molecule has 1 aromatic rings. The van der Waals surface area contributed by atoms with Crippen LogP contribution in [0, 0.1) is 12.8 Å². The maximum absolute atomic E-state index is 12.3. The average Bonchev–Trinajstić information content (AvgIpc) is 2.43. The summed E-state index contributed by atoms with van der Waals surface area (Å²) in [4.78, 5) is 12.3. The molecule has 1 aromatic carbocycles. The van der Waals surface area contributed by atoms with Crippen molar-refractivity contribution < 1.29 is 13.2 Å². The van der Waals surface area contributed by atoms with Gasteiger partial charge in [0, 0.05) is 23.5 Å². The van der Waals surface area contributed by atoms with E-state index in [1.54, 1.807) is 6.07 Å². The molecule has 1 heterocycles. The molecule has 2 rings (SSSR count). The molecule has 22 heavy (non-hydrogen) atoms. The van der Waals surface area contributed by atoms with Crippen molar-refractivity contribution in [3.05, 3.63) is 22.2 Å². The summed E-state index contributed by atoms with van der Waals surface area (Å²) < 4.78 is 24.5. The number of halogens is 1. The van der Waals surface area contributed by atoms with E-state index >= 15 is 0 Å². The van der Waals surface area contributed by atoms with Crippen LogP contribution in [0.4, 0.5) is 11.4 Å². The van der Waals surface area contributed by atoms with Gasteiger partial charge in [-0.2, -0.15) is 12.7 Å². The Labute approximate surface area is 138 Å². The SMILES string of the molecule is Cc1cc(Br)cc(NC(=O)C2CCN(S(N)(=O)=O)CC2)c1N. The van der Waals surface area contributed by atoms with Gasteiger partial charge in [0.25, 0.3) is 10.2 Å². The third kappa shape index (κ3) is 3.97. The maximum Gasteiger partial charge on any atom is 0.276 e. The van der Waals surface area contributed by atoms with Crippen molar-refractivity contribution in [1.29, 1.82) is 0 Å². The highest BCUT2D eigenvalue weighted by atomic mass is 79.9. The van der Waals surface area contributed by atoms with Crippen molar-refractivity contribution in [2.45, 2.75) is 19.8 Å². The van der Waals surface area contributed by atoms with E-state index in [4.69, 9.17) is 10.9 Å². The number of carbonyl (C=O) groups is 1. The number of anilines is 2. The molecule has 1 aliphatic rings. The Hall–Kier alpha value is -1.16. The van der Waals surface area contributed by atoms with Crippen molar-refractivity contribution in [2.75, 3.05) is 24.1 Å².